The predicted octanol–water partition coefficient (Wildman–Crippen LogP) is 3.85. The molecular formula is C22H36FNO7Si2. The molecule has 0 spiro atoms. The summed E-state index contributed by atoms with van der Waals surface area (Å²) in [5.74, 6) is -4.30. The molecule has 1 amide bonds. The van der Waals surface area contributed by atoms with Gasteiger partial charge in [-0.2, -0.15) is 0 Å². The molecule has 0 aromatic rings. The monoisotopic (exact) mass is 501 g/mol. The average Bonchev–Trinajstić information content (AvgIpc) is 2.92. The van der Waals surface area contributed by atoms with Crippen molar-refractivity contribution in [3.63, 3.8) is 0 Å². The van der Waals surface area contributed by atoms with Crippen molar-refractivity contribution < 1.29 is 36.5 Å². The van der Waals surface area contributed by atoms with Gasteiger partial charge in [-0.05, 0) is 28.2 Å². The molecule has 0 aromatic heterocycles. The first-order valence-corrected chi connectivity index (χ1v) is 15.6. The lowest BCUT2D eigenvalue weighted by atomic mass is 10.1. The van der Waals surface area contributed by atoms with E-state index in [1.54, 1.807) is 0 Å². The van der Waals surface area contributed by atoms with Crippen LogP contribution in [0.5, 0.6) is 0 Å². The van der Waals surface area contributed by atoms with Crippen LogP contribution in [0, 0.1) is 0 Å². The molecule has 33 heavy (non-hydrogen) atoms. The van der Waals surface area contributed by atoms with Crippen molar-refractivity contribution in [1.29, 1.82) is 0 Å². The van der Waals surface area contributed by atoms with Crippen molar-refractivity contribution >= 4 is 34.6 Å². The van der Waals surface area contributed by atoms with Gasteiger partial charge in [-0.25, -0.2) is 4.39 Å². The highest BCUT2D eigenvalue weighted by Crippen LogP contribution is 2.49. The molecule has 0 aliphatic carbocycles. The number of hydrogen-bond donors (Lipinski definition) is 0. The summed E-state index contributed by atoms with van der Waals surface area (Å²) >= 11 is 0. The summed E-state index contributed by atoms with van der Waals surface area (Å²) in [5.41, 5.74) is -0.213. The first kappa shape index (κ1) is 26.4. The van der Waals surface area contributed by atoms with Crippen molar-refractivity contribution in [2.45, 2.75) is 102 Å². The number of amides is 1. The van der Waals surface area contributed by atoms with Crippen molar-refractivity contribution in [2.24, 2.45) is 0 Å². The van der Waals surface area contributed by atoms with E-state index in [1.165, 1.54) is 12.3 Å². The zero-order valence-electron chi connectivity index (χ0n) is 20.7. The van der Waals surface area contributed by atoms with Crippen LogP contribution in [0.25, 0.3) is 0 Å². The fourth-order valence-electron chi connectivity index (χ4n) is 4.96. The molecule has 3 heterocycles. The summed E-state index contributed by atoms with van der Waals surface area (Å²) in [6, 6.07) is 0. The number of carbonyl (C=O) groups excluding carboxylic acids is 3. The lowest BCUT2D eigenvalue weighted by molar-refractivity contribution is -0.215. The summed E-state index contributed by atoms with van der Waals surface area (Å²) in [4.78, 5) is 38.4. The van der Waals surface area contributed by atoms with Crippen LogP contribution in [0.15, 0.2) is 12.3 Å². The van der Waals surface area contributed by atoms with E-state index in [9.17, 15) is 14.4 Å². The molecule has 0 saturated carbocycles. The van der Waals surface area contributed by atoms with E-state index in [1.807, 2.05) is 55.4 Å². The number of rotatable bonds is 5. The molecule has 186 valence electrons. The van der Waals surface area contributed by atoms with E-state index in [-0.39, 0.29) is 27.9 Å². The van der Waals surface area contributed by atoms with Gasteiger partial charge in [0.05, 0.1) is 13.0 Å². The van der Waals surface area contributed by atoms with Crippen LogP contribution in [-0.2, 0) is 32.1 Å². The Hall–Kier alpha value is -1.25. The molecular weight excluding hydrogens is 465 g/mol. The van der Waals surface area contributed by atoms with Gasteiger partial charge in [-0.3, -0.25) is 19.3 Å². The average molecular weight is 502 g/mol. The Balaban J connectivity index is 2.10. The van der Waals surface area contributed by atoms with Crippen molar-refractivity contribution in [2.75, 3.05) is 6.61 Å². The third-order valence-electron chi connectivity index (χ3n) is 6.82. The number of ether oxygens (including phenoxy) is 1. The highest BCUT2D eigenvalue weighted by Gasteiger charge is 2.67. The maximum Gasteiger partial charge on any atom is 0.335 e. The quantitative estimate of drug-likeness (QED) is 0.417. The fraction of sp³-hybridized carbons (Fsp3) is 0.773. The van der Waals surface area contributed by atoms with Gasteiger partial charge in [-0.15, -0.1) is 0 Å². The van der Waals surface area contributed by atoms with Gasteiger partial charge in [-0.1, -0.05) is 55.4 Å². The van der Waals surface area contributed by atoms with E-state index in [4.69, 9.17) is 17.7 Å². The van der Waals surface area contributed by atoms with Crippen LogP contribution in [0.1, 0.15) is 61.8 Å². The summed E-state index contributed by atoms with van der Waals surface area (Å²) in [5, 5.41) is 0. The first-order chi connectivity index (χ1) is 15.2. The molecule has 3 aliphatic heterocycles. The number of Topliss-reactive ketones (excluding diaryl/α,β-unsaturated/α-hetero) is 1. The topological polar surface area (TPSA) is 91.4 Å². The highest BCUT2D eigenvalue weighted by molar-refractivity contribution is 6.84. The number of hydrogen-bond acceptors (Lipinski definition) is 7. The number of halogens is 1. The Kier molecular flexibility index (Phi) is 7.25. The van der Waals surface area contributed by atoms with Crippen LogP contribution in [0.4, 0.5) is 4.39 Å². The summed E-state index contributed by atoms with van der Waals surface area (Å²) in [6.07, 6.45) is -1.17. The minimum Gasteiger partial charge on any atom is -0.414 e. The number of nitrogens with zero attached hydrogens (tertiary/aromatic N) is 1. The van der Waals surface area contributed by atoms with Gasteiger partial charge in [0, 0.05) is 6.20 Å². The largest absolute Gasteiger partial charge is 0.414 e. The molecule has 0 aromatic carbocycles. The number of ketones is 2. The van der Waals surface area contributed by atoms with Crippen molar-refractivity contribution in [1.82, 2.24) is 4.90 Å². The smallest absolute Gasteiger partial charge is 0.335 e. The molecule has 0 radical (unpaired) electrons. The van der Waals surface area contributed by atoms with E-state index >= 15 is 4.39 Å². The Labute approximate surface area is 197 Å². The van der Waals surface area contributed by atoms with Crippen LogP contribution >= 0.6 is 0 Å². The second-order valence-electron chi connectivity index (χ2n) is 10.4. The fourth-order valence-corrected chi connectivity index (χ4v) is 16.1. The van der Waals surface area contributed by atoms with Crippen molar-refractivity contribution in [3.8, 4) is 0 Å². The number of fused-ring (bicyclic) bond motifs is 1. The maximum atomic E-state index is 16.5. The normalized spacial score (nSPS) is 32.2. The zero-order valence-corrected chi connectivity index (χ0v) is 22.7. The van der Waals surface area contributed by atoms with Gasteiger partial charge >= 0.3 is 17.1 Å². The summed E-state index contributed by atoms with van der Waals surface area (Å²) in [7, 11) is -6.27. The molecule has 3 rings (SSSR count). The Bertz CT molecular complexity index is 831. The summed E-state index contributed by atoms with van der Waals surface area (Å²) < 4.78 is 41.8. The SMILES string of the molecule is CC(C)[Si]1(C(C)C)OC[C@@]2(F)O[C@@H](N3C=CC(=O)CC3=O)C(=O)C2O[Si](C(C)C)(C(C)C)O1. The number of carbonyl (C=O) groups is 3. The highest BCUT2D eigenvalue weighted by atomic mass is 28.5. The molecule has 8 nitrogen and oxygen atoms in total. The lowest BCUT2D eigenvalue weighted by Gasteiger charge is -2.51. The molecule has 0 N–H and O–H groups in total. The lowest BCUT2D eigenvalue weighted by Crippen LogP contribution is -2.67. The molecule has 3 atom stereocenters. The molecule has 0 bridgehead atoms. The van der Waals surface area contributed by atoms with Gasteiger partial charge in [0.15, 0.2) is 11.9 Å². The third-order valence-corrected chi connectivity index (χ3v) is 17.0. The zero-order chi connectivity index (χ0) is 24.9. The third kappa shape index (κ3) is 4.32. The number of alkyl halides is 1. The van der Waals surface area contributed by atoms with Crippen LogP contribution in [0.3, 0.4) is 0 Å². The molecule has 2 fully saturated rings. The minimum absolute atomic E-state index is 0.00357. The molecule has 1 unspecified atom stereocenters. The number of allylic oxidation sites excluding steroid dienone is 1. The van der Waals surface area contributed by atoms with Gasteiger partial charge < -0.3 is 17.7 Å². The van der Waals surface area contributed by atoms with Crippen LogP contribution < -0.4 is 0 Å². The van der Waals surface area contributed by atoms with Gasteiger partial charge in [0.2, 0.25) is 17.9 Å². The minimum atomic E-state index is -3.24. The maximum absolute atomic E-state index is 16.5. The van der Waals surface area contributed by atoms with E-state index in [2.05, 4.69) is 0 Å². The Morgan fingerprint density at radius 3 is 2.00 bits per heavy atom. The molecule has 11 heteroatoms. The van der Waals surface area contributed by atoms with Gasteiger partial charge in [0.25, 0.3) is 5.85 Å². The van der Waals surface area contributed by atoms with Crippen LogP contribution in [0.2, 0.25) is 22.2 Å². The predicted molar refractivity (Wildman–Crippen MR) is 123 cm³/mol. The molecule has 2 saturated heterocycles. The van der Waals surface area contributed by atoms with E-state index in [0.29, 0.717) is 0 Å². The first-order valence-electron chi connectivity index (χ1n) is 11.6. The van der Waals surface area contributed by atoms with Crippen molar-refractivity contribution in [3.05, 3.63) is 12.3 Å². The second-order valence-corrected chi connectivity index (χ2v) is 19.2. The summed E-state index contributed by atoms with van der Waals surface area (Å²) in [6.45, 7) is 15.4. The van der Waals surface area contributed by atoms with Gasteiger partial charge in [0.1, 0.15) is 0 Å². The Morgan fingerprint density at radius 1 is 0.970 bits per heavy atom. The standard InChI is InChI=1S/C22H36FNO7Si2/c1-13(2)32(14(3)4)28-12-22(23)20(30-33(31-32,15(5)6)16(7)8)19(27)21(29-22)24-10-9-17(25)11-18(24)26/h9-10,13-16,20-21H,11-12H2,1-8H3/t20?,21-,22-/m1/s1. The van der Waals surface area contributed by atoms with E-state index < -0.39 is 60.0 Å². The molecule has 3 aliphatic rings. The van der Waals surface area contributed by atoms with Crippen LogP contribution in [-0.4, -0.2) is 64.3 Å². The van der Waals surface area contributed by atoms with E-state index in [0.717, 1.165) is 4.90 Å². The second kappa shape index (κ2) is 9.08. The Morgan fingerprint density at radius 2 is 1.52 bits per heavy atom.